The third-order valence-corrected chi connectivity index (χ3v) is 3.17. The normalized spacial score (nSPS) is 12.6. The maximum absolute atomic E-state index is 11.9. The molecule has 1 atom stereocenters. The van der Waals surface area contributed by atoms with Gasteiger partial charge in [-0.2, -0.15) is 0 Å². The largest absolute Gasteiger partial charge is 0.464 e. The Balaban J connectivity index is 2.74. The summed E-state index contributed by atoms with van der Waals surface area (Å²) in [6, 6.07) is -1.13. The van der Waals surface area contributed by atoms with Gasteiger partial charge in [0.2, 0.25) is 3.79 Å². The number of esters is 1. The van der Waals surface area contributed by atoms with Crippen LogP contribution in [0.25, 0.3) is 0 Å². The topological polar surface area (TPSA) is 90.4 Å². The molecule has 1 heterocycles. The number of aryl methyl sites for hydroxylation is 1. The van der Waals surface area contributed by atoms with Crippen molar-refractivity contribution in [2.75, 3.05) is 13.2 Å². The van der Waals surface area contributed by atoms with Crippen LogP contribution < -0.4 is 5.32 Å². The molecule has 1 aromatic heterocycles. The molecule has 0 spiro atoms. The number of rotatable bonds is 5. The molecule has 1 N–H and O–H groups in total. The molecule has 118 valence electrons. The summed E-state index contributed by atoms with van der Waals surface area (Å²) in [5, 5.41) is 10.8. The maximum Gasteiger partial charge on any atom is 0.408 e. The first kappa shape index (κ1) is 18.2. The Morgan fingerprint density at radius 2 is 2.00 bits per heavy atom. The molecule has 0 saturated heterocycles. The second-order valence-electron chi connectivity index (χ2n) is 3.68. The fourth-order valence-corrected chi connectivity index (χ4v) is 2.09. The number of alkyl carbamates (subject to hydrolysis) is 1. The van der Waals surface area contributed by atoms with Gasteiger partial charge in [-0.3, -0.25) is 0 Å². The Kier molecular flexibility index (Phi) is 6.92. The van der Waals surface area contributed by atoms with Gasteiger partial charge in [-0.15, -0.1) is 10.2 Å². The first-order chi connectivity index (χ1) is 9.73. The smallest absolute Gasteiger partial charge is 0.408 e. The molecule has 7 nitrogen and oxygen atoms in total. The minimum atomic E-state index is -1.74. The van der Waals surface area contributed by atoms with Gasteiger partial charge in [0, 0.05) is 0 Å². The molecule has 11 heteroatoms. The first-order valence-corrected chi connectivity index (χ1v) is 7.64. The van der Waals surface area contributed by atoms with E-state index in [-0.39, 0.29) is 11.6 Å². The number of nitrogens with one attached hydrogen (secondary N) is 1. The van der Waals surface area contributed by atoms with E-state index in [9.17, 15) is 9.59 Å². The van der Waals surface area contributed by atoms with Gasteiger partial charge in [0.15, 0.2) is 11.0 Å². The Morgan fingerprint density at radius 3 is 2.48 bits per heavy atom. The zero-order valence-corrected chi connectivity index (χ0v) is 14.1. The lowest BCUT2D eigenvalue weighted by Gasteiger charge is -2.16. The van der Waals surface area contributed by atoms with Crippen molar-refractivity contribution in [1.82, 2.24) is 15.5 Å². The van der Waals surface area contributed by atoms with Gasteiger partial charge in [-0.1, -0.05) is 46.1 Å². The van der Waals surface area contributed by atoms with Crippen LogP contribution in [0.2, 0.25) is 0 Å². The highest BCUT2D eigenvalue weighted by Crippen LogP contribution is 2.26. The zero-order valence-electron chi connectivity index (χ0n) is 11.1. The monoisotopic (exact) mass is 375 g/mol. The zero-order chi connectivity index (χ0) is 16.0. The van der Waals surface area contributed by atoms with E-state index in [1.54, 1.807) is 13.8 Å². The van der Waals surface area contributed by atoms with Gasteiger partial charge in [0.05, 0.1) is 6.61 Å². The average Bonchev–Trinajstić information content (AvgIpc) is 2.79. The van der Waals surface area contributed by atoms with E-state index in [2.05, 4.69) is 15.5 Å². The van der Waals surface area contributed by atoms with Crippen LogP contribution in [0.3, 0.4) is 0 Å². The summed E-state index contributed by atoms with van der Waals surface area (Å²) in [6.45, 7) is 3.04. The van der Waals surface area contributed by atoms with Crippen molar-refractivity contribution in [3.05, 3.63) is 10.0 Å². The lowest BCUT2D eigenvalue weighted by molar-refractivity contribution is -0.145. The molecule has 0 radical (unpaired) electrons. The van der Waals surface area contributed by atoms with Crippen LogP contribution >= 0.6 is 46.1 Å². The molecule has 0 aliphatic carbocycles. The number of hydrogen-bond acceptors (Lipinski definition) is 7. The van der Waals surface area contributed by atoms with Crippen molar-refractivity contribution in [2.24, 2.45) is 0 Å². The predicted molar refractivity (Wildman–Crippen MR) is 78.8 cm³/mol. The number of hydrogen-bond donors (Lipinski definition) is 1. The molecule has 1 rings (SSSR count). The van der Waals surface area contributed by atoms with E-state index < -0.39 is 28.5 Å². The quantitative estimate of drug-likeness (QED) is 0.627. The average molecular weight is 377 g/mol. The molecule has 0 aromatic carbocycles. The highest BCUT2D eigenvalue weighted by Gasteiger charge is 2.29. The third-order valence-electron chi connectivity index (χ3n) is 1.94. The van der Waals surface area contributed by atoms with E-state index in [0.717, 1.165) is 11.3 Å². The Morgan fingerprint density at radius 1 is 1.33 bits per heavy atom. The van der Waals surface area contributed by atoms with Crippen LogP contribution in [-0.2, 0) is 14.3 Å². The van der Waals surface area contributed by atoms with Crippen molar-refractivity contribution in [2.45, 2.75) is 23.7 Å². The Hall–Kier alpha value is -0.830. The molecule has 21 heavy (non-hydrogen) atoms. The van der Waals surface area contributed by atoms with Gasteiger partial charge in [0.1, 0.15) is 11.6 Å². The van der Waals surface area contributed by atoms with Gasteiger partial charge in [-0.05, 0) is 13.8 Å². The maximum atomic E-state index is 11.9. The highest BCUT2D eigenvalue weighted by molar-refractivity contribution is 7.11. The summed E-state index contributed by atoms with van der Waals surface area (Å²) >= 11 is 17.5. The third kappa shape index (κ3) is 6.64. The van der Waals surface area contributed by atoms with E-state index in [4.69, 9.17) is 44.3 Å². The summed E-state index contributed by atoms with van der Waals surface area (Å²) in [5.41, 5.74) is 0. The lowest BCUT2D eigenvalue weighted by Crippen LogP contribution is -2.36. The summed E-state index contributed by atoms with van der Waals surface area (Å²) in [6.07, 6.45) is -0.938. The van der Waals surface area contributed by atoms with Gasteiger partial charge in [-0.25, -0.2) is 9.59 Å². The second-order valence-corrected chi connectivity index (χ2v) is 7.41. The van der Waals surface area contributed by atoms with Crippen LogP contribution in [0.15, 0.2) is 0 Å². The summed E-state index contributed by atoms with van der Waals surface area (Å²) in [7, 11) is 0. The number of ether oxygens (including phenoxy) is 2. The van der Waals surface area contributed by atoms with E-state index in [1.807, 2.05) is 0 Å². The summed E-state index contributed by atoms with van der Waals surface area (Å²) < 4.78 is 7.82. The van der Waals surface area contributed by atoms with Gasteiger partial charge < -0.3 is 14.8 Å². The minimum Gasteiger partial charge on any atom is -0.464 e. The standard InChI is InChI=1S/C10H12Cl3N3O4S/c1-3-19-8(17)6(7-16-15-5(2)21-7)14-9(18)20-4-10(11,12)13/h6H,3-4H2,1-2H3,(H,14,18). The molecular weight excluding hydrogens is 365 g/mol. The molecule has 0 saturated carbocycles. The van der Waals surface area contributed by atoms with Crippen LogP contribution in [0.4, 0.5) is 4.79 Å². The molecule has 0 aliphatic heterocycles. The van der Waals surface area contributed by atoms with Crippen LogP contribution in [0.5, 0.6) is 0 Å². The van der Waals surface area contributed by atoms with Crippen molar-refractivity contribution >= 4 is 58.2 Å². The van der Waals surface area contributed by atoms with Crippen molar-refractivity contribution in [3.63, 3.8) is 0 Å². The number of alkyl halides is 3. The number of carbonyl (C=O) groups is 2. The van der Waals surface area contributed by atoms with E-state index in [0.29, 0.717) is 5.01 Å². The second kappa shape index (κ2) is 7.98. The SMILES string of the molecule is CCOC(=O)C(NC(=O)OCC(Cl)(Cl)Cl)c1nnc(C)s1. The number of halogens is 3. The molecule has 1 unspecified atom stereocenters. The Labute approximate surface area is 139 Å². The van der Waals surface area contributed by atoms with Gasteiger partial charge in [0.25, 0.3) is 0 Å². The van der Waals surface area contributed by atoms with Crippen LogP contribution in [0.1, 0.15) is 23.0 Å². The van der Waals surface area contributed by atoms with E-state index >= 15 is 0 Å². The summed E-state index contributed by atoms with van der Waals surface area (Å²) in [5.74, 6) is -0.681. The number of amides is 1. The van der Waals surface area contributed by atoms with Crippen molar-refractivity contribution < 1.29 is 19.1 Å². The number of carbonyl (C=O) groups excluding carboxylic acids is 2. The molecule has 0 fully saturated rings. The lowest BCUT2D eigenvalue weighted by atomic mass is 10.3. The fourth-order valence-electron chi connectivity index (χ4n) is 1.18. The minimum absolute atomic E-state index is 0.151. The van der Waals surface area contributed by atoms with Crippen molar-refractivity contribution in [3.8, 4) is 0 Å². The molecule has 1 aromatic rings. The van der Waals surface area contributed by atoms with Crippen molar-refractivity contribution in [1.29, 1.82) is 0 Å². The summed E-state index contributed by atoms with van der Waals surface area (Å²) in [4.78, 5) is 23.5. The molecule has 0 bridgehead atoms. The molecule has 0 aliphatic rings. The first-order valence-electron chi connectivity index (χ1n) is 5.69. The Bertz CT molecular complexity index is 506. The van der Waals surface area contributed by atoms with E-state index in [1.165, 1.54) is 0 Å². The van der Waals surface area contributed by atoms with Crippen LogP contribution in [0, 0.1) is 6.92 Å². The molecule has 1 amide bonds. The van der Waals surface area contributed by atoms with Gasteiger partial charge >= 0.3 is 12.1 Å². The van der Waals surface area contributed by atoms with Crippen LogP contribution in [-0.4, -0.2) is 39.3 Å². The molecular formula is C10H12Cl3N3O4S. The number of nitrogens with zero attached hydrogens (tertiary/aromatic N) is 2. The highest BCUT2D eigenvalue weighted by atomic mass is 35.6. The number of aromatic nitrogens is 2. The predicted octanol–water partition coefficient (Wildman–Crippen LogP) is 2.55. The fraction of sp³-hybridized carbons (Fsp3) is 0.600.